The number of nitrogens with zero attached hydrogens (tertiary/aromatic N) is 2. The SMILES string of the molecule is S=c1nc(-c2ccc3ncccc3c2)[nH]c(C2CC2)c1Br. The maximum absolute atomic E-state index is 5.38. The normalized spacial score (nSPS) is 14.5. The minimum absolute atomic E-state index is 0.588. The molecule has 0 unspecified atom stereocenters. The standard InChI is InChI=1S/C16H12BrN3S/c17-13-14(9-3-4-9)19-15(20-16(13)21)11-5-6-12-10(8-11)2-1-7-18-12/h1-2,5-9H,3-4H2,(H,19,20,21). The molecule has 0 aliphatic heterocycles. The van der Waals surface area contributed by atoms with Gasteiger partial charge in [-0.1, -0.05) is 18.3 Å². The lowest BCUT2D eigenvalue weighted by Gasteiger charge is -2.08. The van der Waals surface area contributed by atoms with Gasteiger partial charge in [0.1, 0.15) is 10.5 Å². The summed E-state index contributed by atoms with van der Waals surface area (Å²) >= 11 is 8.94. The van der Waals surface area contributed by atoms with E-state index in [0.717, 1.165) is 26.8 Å². The van der Waals surface area contributed by atoms with Crippen LogP contribution < -0.4 is 0 Å². The van der Waals surface area contributed by atoms with E-state index < -0.39 is 0 Å². The molecule has 1 aliphatic carbocycles. The topological polar surface area (TPSA) is 41.6 Å². The van der Waals surface area contributed by atoms with Crippen LogP contribution in [0.25, 0.3) is 22.3 Å². The van der Waals surface area contributed by atoms with Gasteiger partial charge in [-0.3, -0.25) is 4.98 Å². The number of rotatable bonds is 2. The average molecular weight is 358 g/mol. The third-order valence-electron chi connectivity index (χ3n) is 3.75. The second kappa shape index (κ2) is 5.00. The van der Waals surface area contributed by atoms with Gasteiger partial charge in [-0.2, -0.15) is 0 Å². The average Bonchev–Trinajstić information content (AvgIpc) is 3.34. The number of hydrogen-bond donors (Lipinski definition) is 1. The van der Waals surface area contributed by atoms with Crippen LogP contribution in [0.4, 0.5) is 0 Å². The van der Waals surface area contributed by atoms with E-state index in [9.17, 15) is 0 Å². The molecule has 104 valence electrons. The molecule has 4 rings (SSSR count). The number of pyridine rings is 1. The first-order chi connectivity index (χ1) is 10.2. The summed E-state index contributed by atoms with van der Waals surface area (Å²) in [5.41, 5.74) is 3.20. The number of fused-ring (bicyclic) bond motifs is 1. The number of hydrogen-bond acceptors (Lipinski definition) is 3. The molecule has 0 saturated heterocycles. The molecule has 21 heavy (non-hydrogen) atoms. The smallest absolute Gasteiger partial charge is 0.144 e. The lowest BCUT2D eigenvalue weighted by atomic mass is 10.1. The van der Waals surface area contributed by atoms with Crippen molar-refractivity contribution in [2.24, 2.45) is 0 Å². The Morgan fingerprint density at radius 2 is 2.10 bits per heavy atom. The highest BCUT2D eigenvalue weighted by Crippen LogP contribution is 2.42. The number of nitrogens with one attached hydrogen (secondary N) is 1. The predicted octanol–water partition coefficient (Wildman–Crippen LogP) is 4.99. The monoisotopic (exact) mass is 357 g/mol. The molecule has 2 heterocycles. The second-order valence-electron chi connectivity index (χ2n) is 5.30. The van der Waals surface area contributed by atoms with Crippen molar-refractivity contribution in [1.29, 1.82) is 0 Å². The largest absolute Gasteiger partial charge is 0.342 e. The maximum atomic E-state index is 5.38. The summed E-state index contributed by atoms with van der Waals surface area (Å²) in [5.74, 6) is 1.42. The summed E-state index contributed by atoms with van der Waals surface area (Å²) < 4.78 is 1.56. The summed E-state index contributed by atoms with van der Waals surface area (Å²) in [4.78, 5) is 12.3. The van der Waals surface area contributed by atoms with E-state index in [1.54, 1.807) is 6.20 Å². The number of H-pyrrole nitrogens is 1. The molecule has 0 atom stereocenters. The van der Waals surface area contributed by atoms with Gasteiger partial charge in [0.2, 0.25) is 0 Å². The fourth-order valence-corrected chi connectivity index (χ4v) is 3.20. The first-order valence-electron chi connectivity index (χ1n) is 6.87. The summed E-state index contributed by atoms with van der Waals surface area (Å²) in [6.07, 6.45) is 4.24. The van der Waals surface area contributed by atoms with E-state index >= 15 is 0 Å². The van der Waals surface area contributed by atoms with Crippen LogP contribution in [0.15, 0.2) is 41.0 Å². The van der Waals surface area contributed by atoms with Gasteiger partial charge in [-0.15, -0.1) is 0 Å². The molecule has 1 aliphatic rings. The molecule has 0 spiro atoms. The molecule has 5 heteroatoms. The highest BCUT2D eigenvalue weighted by atomic mass is 79.9. The van der Waals surface area contributed by atoms with E-state index in [0.29, 0.717) is 10.6 Å². The molecule has 3 nitrogen and oxygen atoms in total. The number of halogens is 1. The van der Waals surface area contributed by atoms with Gasteiger partial charge >= 0.3 is 0 Å². The Labute approximate surface area is 135 Å². The van der Waals surface area contributed by atoms with Gasteiger partial charge < -0.3 is 4.98 Å². The first-order valence-corrected chi connectivity index (χ1v) is 8.07. The Balaban J connectivity index is 1.89. The van der Waals surface area contributed by atoms with Crippen LogP contribution in [-0.2, 0) is 0 Å². The van der Waals surface area contributed by atoms with E-state index in [1.165, 1.54) is 18.5 Å². The van der Waals surface area contributed by atoms with Crippen molar-refractivity contribution in [2.75, 3.05) is 0 Å². The highest BCUT2D eigenvalue weighted by Gasteiger charge is 2.27. The molecule has 0 amide bonds. The van der Waals surface area contributed by atoms with Crippen molar-refractivity contribution in [1.82, 2.24) is 15.0 Å². The Kier molecular flexibility index (Phi) is 3.12. The fraction of sp³-hybridized carbons (Fsp3) is 0.188. The third-order valence-corrected chi connectivity index (χ3v) is 5.11. The van der Waals surface area contributed by atoms with Crippen LogP contribution in [0.5, 0.6) is 0 Å². The van der Waals surface area contributed by atoms with Crippen LogP contribution >= 0.6 is 28.1 Å². The fourth-order valence-electron chi connectivity index (χ4n) is 2.49. The minimum atomic E-state index is 0.588. The van der Waals surface area contributed by atoms with Crippen molar-refractivity contribution in [3.8, 4) is 11.4 Å². The Hall–Kier alpha value is -1.59. The van der Waals surface area contributed by atoms with Gasteiger partial charge in [0.05, 0.1) is 9.99 Å². The molecule has 0 radical (unpaired) electrons. The molecular formula is C16H12BrN3S. The number of aromatic amines is 1. The summed E-state index contributed by atoms with van der Waals surface area (Å²) in [7, 11) is 0. The molecule has 3 aromatic rings. The molecular weight excluding hydrogens is 346 g/mol. The van der Waals surface area contributed by atoms with Crippen LogP contribution in [0.2, 0.25) is 0 Å². The molecule has 1 N–H and O–H groups in total. The van der Waals surface area contributed by atoms with E-state index in [1.807, 2.05) is 18.2 Å². The number of aromatic nitrogens is 3. The molecule has 1 fully saturated rings. The van der Waals surface area contributed by atoms with Crippen LogP contribution in [0, 0.1) is 4.64 Å². The Morgan fingerprint density at radius 1 is 1.24 bits per heavy atom. The van der Waals surface area contributed by atoms with Crippen molar-refractivity contribution in [3.05, 3.63) is 51.3 Å². The van der Waals surface area contributed by atoms with E-state index in [4.69, 9.17) is 12.2 Å². The Bertz CT molecular complexity index is 899. The lowest BCUT2D eigenvalue weighted by Crippen LogP contribution is -1.97. The van der Waals surface area contributed by atoms with Gasteiger partial charge in [-0.25, -0.2) is 4.98 Å². The van der Waals surface area contributed by atoms with Gasteiger partial charge in [0.25, 0.3) is 0 Å². The van der Waals surface area contributed by atoms with E-state index in [-0.39, 0.29) is 0 Å². The van der Waals surface area contributed by atoms with Crippen LogP contribution in [0.1, 0.15) is 24.5 Å². The van der Waals surface area contributed by atoms with Crippen molar-refractivity contribution in [2.45, 2.75) is 18.8 Å². The zero-order chi connectivity index (χ0) is 14.4. The second-order valence-corrected chi connectivity index (χ2v) is 6.48. The molecule has 2 aromatic heterocycles. The van der Waals surface area contributed by atoms with Crippen molar-refractivity contribution in [3.63, 3.8) is 0 Å². The predicted molar refractivity (Wildman–Crippen MR) is 89.8 cm³/mol. The molecule has 1 saturated carbocycles. The van der Waals surface area contributed by atoms with E-state index in [2.05, 4.69) is 43.0 Å². The summed E-state index contributed by atoms with van der Waals surface area (Å²) in [6, 6.07) is 10.1. The Morgan fingerprint density at radius 3 is 2.90 bits per heavy atom. The van der Waals surface area contributed by atoms with Crippen molar-refractivity contribution >= 4 is 39.1 Å². The molecule has 0 bridgehead atoms. The van der Waals surface area contributed by atoms with Crippen LogP contribution in [-0.4, -0.2) is 15.0 Å². The van der Waals surface area contributed by atoms with Gasteiger partial charge in [0.15, 0.2) is 0 Å². The lowest BCUT2D eigenvalue weighted by molar-refractivity contribution is 0.973. The zero-order valence-electron chi connectivity index (χ0n) is 11.1. The minimum Gasteiger partial charge on any atom is -0.342 e. The summed E-state index contributed by atoms with van der Waals surface area (Å²) in [6.45, 7) is 0. The highest BCUT2D eigenvalue weighted by molar-refractivity contribution is 9.10. The molecule has 1 aromatic carbocycles. The zero-order valence-corrected chi connectivity index (χ0v) is 13.5. The summed E-state index contributed by atoms with van der Waals surface area (Å²) in [5, 5.41) is 1.10. The maximum Gasteiger partial charge on any atom is 0.144 e. The quantitative estimate of drug-likeness (QED) is 0.656. The first kappa shape index (κ1) is 13.1. The van der Waals surface area contributed by atoms with Gasteiger partial charge in [-0.05, 0) is 53.0 Å². The third kappa shape index (κ3) is 2.40. The number of benzene rings is 1. The van der Waals surface area contributed by atoms with Gasteiger partial charge in [0, 0.05) is 28.8 Å². The van der Waals surface area contributed by atoms with Crippen molar-refractivity contribution < 1.29 is 0 Å². The van der Waals surface area contributed by atoms with Crippen LogP contribution in [0.3, 0.4) is 0 Å².